The molecule has 0 spiro atoms. The van der Waals surface area contributed by atoms with E-state index in [0.717, 1.165) is 25.8 Å². The van der Waals surface area contributed by atoms with Crippen LogP contribution in [0.5, 0.6) is 0 Å². The Labute approximate surface area is 182 Å². The van der Waals surface area contributed by atoms with Crippen molar-refractivity contribution in [2.24, 2.45) is 10.9 Å². The summed E-state index contributed by atoms with van der Waals surface area (Å²) in [5, 5.41) is 6.44. The summed E-state index contributed by atoms with van der Waals surface area (Å²) in [5.74, 6) is 0.779. The maximum Gasteiger partial charge on any atom is 0.511 e. The Balaban J connectivity index is 0.00000392. The second kappa shape index (κ2) is 11.6. The van der Waals surface area contributed by atoms with Crippen molar-refractivity contribution >= 4 is 40.0 Å². The van der Waals surface area contributed by atoms with Crippen LogP contribution in [0.15, 0.2) is 16.6 Å². The van der Waals surface area contributed by atoms with Gasteiger partial charge in [-0.3, -0.25) is 4.99 Å². The normalized spacial score (nSPS) is 20.3. The molecule has 0 amide bonds. The zero-order chi connectivity index (χ0) is 19.9. The number of halogens is 4. The monoisotopic (exact) mass is 538 g/mol. The highest BCUT2D eigenvalue weighted by Gasteiger charge is 2.50. The SMILES string of the molecule is CN=C(NCCC1=CCCCC1)NCC1CCN(S(=O)(=O)C(F)(F)F)CC1.I. The Hall–Kier alpha value is -0.560. The first-order valence-corrected chi connectivity index (χ1v) is 10.9. The molecule has 0 aromatic rings. The van der Waals surface area contributed by atoms with E-state index in [2.05, 4.69) is 21.7 Å². The van der Waals surface area contributed by atoms with Gasteiger partial charge < -0.3 is 10.6 Å². The molecule has 0 aromatic carbocycles. The molecule has 1 fully saturated rings. The van der Waals surface area contributed by atoms with Gasteiger partial charge in [0.1, 0.15) is 0 Å². The van der Waals surface area contributed by atoms with Crippen LogP contribution in [-0.4, -0.2) is 57.4 Å². The van der Waals surface area contributed by atoms with Crippen molar-refractivity contribution in [2.75, 3.05) is 33.2 Å². The van der Waals surface area contributed by atoms with Crippen molar-refractivity contribution < 1.29 is 21.6 Å². The second-order valence-corrected chi connectivity index (χ2v) is 8.96. The molecule has 0 bridgehead atoms. The number of aliphatic imine (C=N–C) groups is 1. The van der Waals surface area contributed by atoms with Crippen LogP contribution >= 0.6 is 24.0 Å². The fraction of sp³-hybridized carbons (Fsp3) is 0.824. The lowest BCUT2D eigenvalue weighted by atomic mass is 9.97. The predicted molar refractivity (Wildman–Crippen MR) is 115 cm³/mol. The number of piperidine rings is 1. The third-order valence-corrected chi connectivity index (χ3v) is 6.74. The molecule has 0 unspecified atom stereocenters. The molecule has 0 atom stereocenters. The summed E-state index contributed by atoms with van der Waals surface area (Å²) in [6.07, 6.45) is 8.92. The standard InChI is InChI=1S/C17H29F3N4O2S.HI/c1-21-16(22-10-7-14-5-3-2-4-6-14)23-13-15-8-11-24(12-9-15)27(25,26)17(18,19)20;/h5,15H,2-4,6-13H2,1H3,(H2,21,22,23);1H. The molecule has 11 heteroatoms. The van der Waals surface area contributed by atoms with E-state index in [9.17, 15) is 21.6 Å². The fourth-order valence-electron chi connectivity index (χ4n) is 3.43. The summed E-state index contributed by atoms with van der Waals surface area (Å²) in [4.78, 5) is 4.16. The van der Waals surface area contributed by atoms with E-state index >= 15 is 0 Å². The van der Waals surface area contributed by atoms with Gasteiger partial charge in [-0.15, -0.1) is 24.0 Å². The average molecular weight is 538 g/mol. The molecule has 1 aliphatic heterocycles. The molecule has 0 radical (unpaired) electrons. The number of hydrogen-bond acceptors (Lipinski definition) is 3. The van der Waals surface area contributed by atoms with Gasteiger partial charge in [0.15, 0.2) is 5.96 Å². The van der Waals surface area contributed by atoms with Gasteiger partial charge in [-0.1, -0.05) is 11.6 Å². The number of guanidine groups is 1. The van der Waals surface area contributed by atoms with Crippen molar-refractivity contribution in [2.45, 2.75) is 50.5 Å². The predicted octanol–water partition coefficient (Wildman–Crippen LogP) is 3.22. The van der Waals surface area contributed by atoms with Crippen molar-refractivity contribution in [1.82, 2.24) is 14.9 Å². The Morgan fingerprint density at radius 3 is 2.46 bits per heavy atom. The van der Waals surface area contributed by atoms with E-state index in [4.69, 9.17) is 0 Å². The number of alkyl halides is 3. The van der Waals surface area contributed by atoms with Crippen LogP contribution in [0.4, 0.5) is 13.2 Å². The number of hydrogen-bond donors (Lipinski definition) is 2. The molecule has 164 valence electrons. The first kappa shape index (κ1) is 25.5. The molecular formula is C17H30F3IN4O2S. The van der Waals surface area contributed by atoms with Gasteiger partial charge in [0.2, 0.25) is 0 Å². The largest absolute Gasteiger partial charge is 0.511 e. The number of sulfonamides is 1. The van der Waals surface area contributed by atoms with Crippen molar-refractivity contribution in [3.63, 3.8) is 0 Å². The molecule has 0 aromatic heterocycles. The first-order chi connectivity index (χ1) is 12.7. The van der Waals surface area contributed by atoms with E-state index in [-0.39, 0.29) is 43.0 Å². The fourth-order valence-corrected chi connectivity index (χ4v) is 4.42. The van der Waals surface area contributed by atoms with E-state index in [1.54, 1.807) is 7.05 Å². The van der Waals surface area contributed by atoms with Crippen LogP contribution in [0.2, 0.25) is 0 Å². The quantitative estimate of drug-likeness (QED) is 0.236. The summed E-state index contributed by atoms with van der Waals surface area (Å²) in [6.45, 7) is 1.14. The summed E-state index contributed by atoms with van der Waals surface area (Å²) >= 11 is 0. The topological polar surface area (TPSA) is 73.8 Å². The van der Waals surface area contributed by atoms with E-state index in [0.29, 0.717) is 29.7 Å². The lowest BCUT2D eigenvalue weighted by Gasteiger charge is -2.31. The maximum atomic E-state index is 12.6. The number of allylic oxidation sites excluding steroid dienone is 1. The van der Waals surface area contributed by atoms with Crippen molar-refractivity contribution in [1.29, 1.82) is 0 Å². The van der Waals surface area contributed by atoms with Crippen LogP contribution in [0.3, 0.4) is 0 Å². The van der Waals surface area contributed by atoms with Gasteiger partial charge in [-0.05, 0) is 50.9 Å². The van der Waals surface area contributed by atoms with Crippen LogP contribution in [-0.2, 0) is 10.0 Å². The lowest BCUT2D eigenvalue weighted by Crippen LogP contribution is -2.47. The summed E-state index contributed by atoms with van der Waals surface area (Å²) < 4.78 is 61.2. The minimum absolute atomic E-state index is 0. The highest BCUT2D eigenvalue weighted by Crippen LogP contribution is 2.30. The highest BCUT2D eigenvalue weighted by atomic mass is 127. The molecule has 1 heterocycles. The van der Waals surface area contributed by atoms with E-state index < -0.39 is 15.5 Å². The van der Waals surface area contributed by atoms with Gasteiger partial charge >= 0.3 is 15.5 Å². The Bertz CT molecular complexity index is 645. The number of rotatable bonds is 6. The second-order valence-electron chi connectivity index (χ2n) is 7.03. The third kappa shape index (κ3) is 7.36. The number of nitrogens with zero attached hydrogens (tertiary/aromatic N) is 2. The van der Waals surface area contributed by atoms with E-state index in [1.807, 2.05) is 0 Å². The molecule has 2 rings (SSSR count). The maximum absolute atomic E-state index is 12.6. The lowest BCUT2D eigenvalue weighted by molar-refractivity contribution is -0.0496. The minimum Gasteiger partial charge on any atom is -0.356 e. The molecule has 0 saturated carbocycles. The highest BCUT2D eigenvalue weighted by molar-refractivity contribution is 14.0. The molecular weight excluding hydrogens is 508 g/mol. The molecule has 1 saturated heterocycles. The zero-order valence-corrected chi connectivity index (χ0v) is 19.2. The van der Waals surface area contributed by atoms with Gasteiger partial charge in [0.05, 0.1) is 0 Å². The smallest absolute Gasteiger partial charge is 0.356 e. The molecule has 2 aliphatic rings. The average Bonchev–Trinajstić information content (AvgIpc) is 2.65. The van der Waals surface area contributed by atoms with Gasteiger partial charge in [-0.2, -0.15) is 17.5 Å². The molecule has 6 nitrogen and oxygen atoms in total. The minimum atomic E-state index is -5.22. The van der Waals surface area contributed by atoms with Crippen LogP contribution in [0, 0.1) is 5.92 Å². The summed E-state index contributed by atoms with van der Waals surface area (Å²) in [6, 6.07) is 0. The van der Waals surface area contributed by atoms with Crippen molar-refractivity contribution in [3.05, 3.63) is 11.6 Å². The Morgan fingerprint density at radius 2 is 1.93 bits per heavy atom. The number of nitrogens with one attached hydrogen (secondary N) is 2. The first-order valence-electron chi connectivity index (χ1n) is 9.43. The summed E-state index contributed by atoms with van der Waals surface area (Å²) in [7, 11) is -3.54. The van der Waals surface area contributed by atoms with Crippen LogP contribution < -0.4 is 10.6 Å². The van der Waals surface area contributed by atoms with Gasteiger partial charge in [-0.25, -0.2) is 8.42 Å². The van der Waals surface area contributed by atoms with Crippen LogP contribution in [0.25, 0.3) is 0 Å². The van der Waals surface area contributed by atoms with Crippen molar-refractivity contribution in [3.8, 4) is 0 Å². The van der Waals surface area contributed by atoms with Crippen LogP contribution in [0.1, 0.15) is 44.9 Å². The summed E-state index contributed by atoms with van der Waals surface area (Å²) in [5.41, 5.74) is -3.75. The Kier molecular flexibility index (Phi) is 10.5. The van der Waals surface area contributed by atoms with Gasteiger partial charge in [0.25, 0.3) is 0 Å². The zero-order valence-electron chi connectivity index (χ0n) is 16.1. The molecule has 28 heavy (non-hydrogen) atoms. The molecule has 1 aliphatic carbocycles. The van der Waals surface area contributed by atoms with Gasteiger partial charge in [0, 0.05) is 33.2 Å². The Morgan fingerprint density at radius 1 is 1.25 bits per heavy atom. The molecule has 2 N–H and O–H groups in total. The third-order valence-electron chi connectivity index (χ3n) is 5.11. The van der Waals surface area contributed by atoms with E-state index in [1.165, 1.54) is 18.4 Å².